The zero-order chi connectivity index (χ0) is 12.0. The standard InChI is InChI=1S/C15H16O2/c1-15(2)8-9-17-14-11-4-3-5-13(16)10(11)6-7-12(14)15/h3-7,16H,8-9H2,1-2H3. The Morgan fingerprint density at radius 2 is 1.94 bits per heavy atom. The Kier molecular flexibility index (Phi) is 2.09. The third-order valence-corrected chi connectivity index (χ3v) is 3.69. The van der Waals surface area contributed by atoms with Crippen LogP contribution in [0.4, 0.5) is 0 Å². The van der Waals surface area contributed by atoms with Gasteiger partial charge in [0, 0.05) is 16.3 Å². The van der Waals surface area contributed by atoms with Crippen molar-refractivity contribution in [3.05, 3.63) is 35.9 Å². The number of fused-ring (bicyclic) bond motifs is 3. The zero-order valence-corrected chi connectivity index (χ0v) is 10.2. The van der Waals surface area contributed by atoms with Crippen molar-refractivity contribution in [2.45, 2.75) is 25.7 Å². The monoisotopic (exact) mass is 228 g/mol. The van der Waals surface area contributed by atoms with Gasteiger partial charge in [0.05, 0.1) is 6.61 Å². The Balaban J connectivity index is 2.37. The second-order valence-electron chi connectivity index (χ2n) is 5.30. The average Bonchev–Trinajstić information content (AvgIpc) is 2.29. The van der Waals surface area contributed by atoms with Crippen LogP contribution < -0.4 is 4.74 Å². The van der Waals surface area contributed by atoms with Gasteiger partial charge in [0.25, 0.3) is 0 Å². The zero-order valence-electron chi connectivity index (χ0n) is 10.2. The van der Waals surface area contributed by atoms with E-state index in [-0.39, 0.29) is 5.41 Å². The van der Waals surface area contributed by atoms with E-state index in [0.717, 1.165) is 29.5 Å². The summed E-state index contributed by atoms with van der Waals surface area (Å²) >= 11 is 0. The van der Waals surface area contributed by atoms with Crippen LogP contribution in [0.3, 0.4) is 0 Å². The molecule has 0 radical (unpaired) electrons. The third kappa shape index (κ3) is 1.47. The molecule has 2 nitrogen and oxygen atoms in total. The van der Waals surface area contributed by atoms with E-state index < -0.39 is 0 Å². The second-order valence-corrected chi connectivity index (χ2v) is 5.30. The molecule has 0 bridgehead atoms. The van der Waals surface area contributed by atoms with Crippen LogP contribution in [-0.4, -0.2) is 11.7 Å². The van der Waals surface area contributed by atoms with Gasteiger partial charge in [-0.25, -0.2) is 0 Å². The number of hydrogen-bond donors (Lipinski definition) is 1. The topological polar surface area (TPSA) is 29.5 Å². The maximum absolute atomic E-state index is 9.85. The molecule has 0 spiro atoms. The molecule has 2 aromatic carbocycles. The second kappa shape index (κ2) is 3.39. The molecule has 0 fully saturated rings. The Morgan fingerprint density at radius 3 is 2.76 bits per heavy atom. The maximum Gasteiger partial charge on any atom is 0.130 e. The van der Waals surface area contributed by atoms with Crippen molar-refractivity contribution in [2.24, 2.45) is 0 Å². The molecule has 3 rings (SSSR count). The van der Waals surface area contributed by atoms with Crippen LogP contribution >= 0.6 is 0 Å². The van der Waals surface area contributed by atoms with Gasteiger partial charge in [-0.1, -0.05) is 38.1 Å². The highest BCUT2D eigenvalue weighted by atomic mass is 16.5. The minimum absolute atomic E-state index is 0.146. The van der Waals surface area contributed by atoms with Crippen LogP contribution in [0.5, 0.6) is 11.5 Å². The fourth-order valence-electron chi connectivity index (χ4n) is 2.54. The van der Waals surface area contributed by atoms with Crippen molar-refractivity contribution in [2.75, 3.05) is 6.61 Å². The Bertz CT molecular complexity index is 585. The van der Waals surface area contributed by atoms with Crippen LogP contribution in [-0.2, 0) is 5.41 Å². The number of phenols is 1. The lowest BCUT2D eigenvalue weighted by Crippen LogP contribution is -2.26. The number of benzene rings is 2. The van der Waals surface area contributed by atoms with Gasteiger partial charge in [-0.15, -0.1) is 0 Å². The molecule has 0 amide bonds. The van der Waals surface area contributed by atoms with Crippen LogP contribution in [0.15, 0.2) is 30.3 Å². The molecule has 0 aromatic heterocycles. The molecule has 0 saturated carbocycles. The Morgan fingerprint density at radius 1 is 1.12 bits per heavy atom. The van der Waals surface area contributed by atoms with Gasteiger partial charge in [-0.3, -0.25) is 0 Å². The van der Waals surface area contributed by atoms with Crippen molar-refractivity contribution in [3.63, 3.8) is 0 Å². The highest BCUT2D eigenvalue weighted by molar-refractivity contribution is 5.94. The normalized spacial score (nSPS) is 17.5. The molecule has 1 N–H and O–H groups in total. The van der Waals surface area contributed by atoms with E-state index in [9.17, 15) is 5.11 Å². The first-order chi connectivity index (χ1) is 8.09. The molecule has 2 aromatic rings. The van der Waals surface area contributed by atoms with E-state index in [1.807, 2.05) is 18.2 Å². The highest BCUT2D eigenvalue weighted by Gasteiger charge is 2.29. The van der Waals surface area contributed by atoms with Gasteiger partial charge in [-0.2, -0.15) is 0 Å². The van der Waals surface area contributed by atoms with Crippen molar-refractivity contribution < 1.29 is 9.84 Å². The number of ether oxygens (including phenoxy) is 1. The first-order valence-electron chi connectivity index (χ1n) is 5.97. The summed E-state index contributed by atoms with van der Waals surface area (Å²) in [5.41, 5.74) is 1.38. The predicted octanol–water partition coefficient (Wildman–Crippen LogP) is 3.61. The maximum atomic E-state index is 9.85. The predicted molar refractivity (Wildman–Crippen MR) is 68.8 cm³/mol. The third-order valence-electron chi connectivity index (χ3n) is 3.69. The summed E-state index contributed by atoms with van der Waals surface area (Å²) < 4.78 is 5.82. The van der Waals surface area contributed by atoms with Crippen molar-refractivity contribution in [1.82, 2.24) is 0 Å². The van der Waals surface area contributed by atoms with Crippen molar-refractivity contribution in [3.8, 4) is 11.5 Å². The molecule has 17 heavy (non-hydrogen) atoms. The fraction of sp³-hybridized carbons (Fsp3) is 0.333. The van der Waals surface area contributed by atoms with Gasteiger partial charge in [0.15, 0.2) is 0 Å². The van der Waals surface area contributed by atoms with Gasteiger partial charge in [0.2, 0.25) is 0 Å². The lowest BCUT2D eigenvalue weighted by molar-refractivity contribution is 0.237. The first-order valence-corrected chi connectivity index (χ1v) is 5.97. The molecule has 2 heteroatoms. The minimum atomic E-state index is 0.146. The van der Waals surface area contributed by atoms with Crippen molar-refractivity contribution in [1.29, 1.82) is 0 Å². The molecule has 0 aliphatic carbocycles. The molecule has 0 unspecified atom stereocenters. The van der Waals surface area contributed by atoms with E-state index >= 15 is 0 Å². The number of hydrogen-bond acceptors (Lipinski definition) is 2. The van der Waals surface area contributed by atoms with Crippen LogP contribution in [0.1, 0.15) is 25.8 Å². The van der Waals surface area contributed by atoms with Gasteiger partial charge < -0.3 is 9.84 Å². The Labute approximate surface area is 101 Å². The lowest BCUT2D eigenvalue weighted by atomic mass is 9.79. The van der Waals surface area contributed by atoms with E-state index in [2.05, 4.69) is 19.9 Å². The summed E-state index contributed by atoms with van der Waals surface area (Å²) in [6.07, 6.45) is 1.03. The molecule has 0 atom stereocenters. The van der Waals surface area contributed by atoms with Crippen molar-refractivity contribution >= 4 is 10.8 Å². The minimum Gasteiger partial charge on any atom is -0.507 e. The molecular weight excluding hydrogens is 212 g/mol. The van der Waals surface area contributed by atoms with Gasteiger partial charge >= 0.3 is 0 Å². The average molecular weight is 228 g/mol. The number of phenolic OH excluding ortho intramolecular Hbond substituents is 1. The highest BCUT2D eigenvalue weighted by Crippen LogP contribution is 2.43. The van der Waals surface area contributed by atoms with E-state index in [1.54, 1.807) is 6.07 Å². The summed E-state index contributed by atoms with van der Waals surface area (Å²) in [6, 6.07) is 9.65. The molecular formula is C15H16O2. The summed E-state index contributed by atoms with van der Waals surface area (Å²) in [7, 11) is 0. The van der Waals surface area contributed by atoms with Gasteiger partial charge in [0.1, 0.15) is 11.5 Å². The molecule has 1 aliphatic heterocycles. The smallest absolute Gasteiger partial charge is 0.130 e. The van der Waals surface area contributed by atoms with Crippen LogP contribution in [0.2, 0.25) is 0 Å². The summed E-state index contributed by atoms with van der Waals surface area (Å²) in [4.78, 5) is 0. The summed E-state index contributed by atoms with van der Waals surface area (Å²) in [6.45, 7) is 5.22. The van der Waals surface area contributed by atoms with Crippen LogP contribution in [0, 0.1) is 0 Å². The summed E-state index contributed by atoms with van der Waals surface area (Å²) in [5.74, 6) is 1.26. The van der Waals surface area contributed by atoms with E-state index in [1.165, 1.54) is 5.56 Å². The van der Waals surface area contributed by atoms with E-state index in [0.29, 0.717) is 5.75 Å². The SMILES string of the molecule is CC1(C)CCOc2c1ccc1c(O)cccc21. The lowest BCUT2D eigenvalue weighted by Gasteiger charge is -2.33. The molecule has 1 heterocycles. The van der Waals surface area contributed by atoms with E-state index in [4.69, 9.17) is 4.74 Å². The number of rotatable bonds is 0. The Hall–Kier alpha value is -1.70. The number of aromatic hydroxyl groups is 1. The first kappa shape index (κ1) is 10.5. The quantitative estimate of drug-likeness (QED) is 0.746. The van der Waals surface area contributed by atoms with Gasteiger partial charge in [-0.05, 0) is 17.9 Å². The summed E-state index contributed by atoms with van der Waals surface area (Å²) in [5, 5.41) is 11.7. The molecule has 0 saturated heterocycles. The van der Waals surface area contributed by atoms with Crippen LogP contribution in [0.25, 0.3) is 10.8 Å². The molecule has 1 aliphatic rings. The largest absolute Gasteiger partial charge is 0.507 e. The molecule has 88 valence electrons. The fourth-order valence-corrected chi connectivity index (χ4v) is 2.54.